The van der Waals surface area contributed by atoms with Crippen molar-refractivity contribution in [3.05, 3.63) is 17.5 Å². The van der Waals surface area contributed by atoms with Crippen molar-refractivity contribution in [2.75, 3.05) is 0 Å². The summed E-state index contributed by atoms with van der Waals surface area (Å²) in [6.45, 7) is 5.53. The lowest BCUT2D eigenvalue weighted by molar-refractivity contribution is -0.144. The molecule has 1 rings (SSSR count). The van der Waals surface area contributed by atoms with Gasteiger partial charge in [-0.15, -0.1) is 0 Å². The number of hydrogen-bond donors (Lipinski definition) is 0. The van der Waals surface area contributed by atoms with Crippen LogP contribution in [0.2, 0.25) is 0 Å². The lowest BCUT2D eigenvalue weighted by Gasteiger charge is -2.07. The normalized spacial score (nSPS) is 12.5. The first-order valence-electron chi connectivity index (χ1n) is 4.51. The molecule has 0 radical (unpaired) electrons. The van der Waals surface area contributed by atoms with Gasteiger partial charge < -0.3 is 0 Å². The number of halogens is 3. The monoisotopic (exact) mass is 206 g/mol. The minimum absolute atomic E-state index is 0.0175. The summed E-state index contributed by atoms with van der Waals surface area (Å²) in [4.78, 5) is 0. The molecule has 2 nitrogen and oxygen atoms in total. The predicted octanol–water partition coefficient (Wildman–Crippen LogP) is 3.05. The average molecular weight is 206 g/mol. The minimum atomic E-state index is -4.31. The molecule has 0 saturated carbocycles. The van der Waals surface area contributed by atoms with E-state index in [1.807, 2.05) is 13.8 Å². The zero-order valence-electron chi connectivity index (χ0n) is 8.39. The second kappa shape index (κ2) is 3.63. The van der Waals surface area contributed by atoms with Gasteiger partial charge in [-0.1, -0.05) is 13.8 Å². The Morgan fingerprint density at radius 3 is 2.29 bits per heavy atom. The van der Waals surface area contributed by atoms with E-state index >= 15 is 0 Å². The highest BCUT2D eigenvalue weighted by Crippen LogP contribution is 2.31. The topological polar surface area (TPSA) is 17.8 Å². The molecule has 1 aromatic heterocycles. The van der Waals surface area contributed by atoms with E-state index in [4.69, 9.17) is 0 Å². The largest absolute Gasteiger partial charge is 0.433 e. The maximum Gasteiger partial charge on any atom is 0.433 e. The van der Waals surface area contributed by atoms with Gasteiger partial charge in [-0.2, -0.15) is 18.3 Å². The van der Waals surface area contributed by atoms with E-state index in [-0.39, 0.29) is 12.5 Å². The standard InChI is InChI=1S/C9H13F3N2/c1-4-14-8(9(10,11)12)5-7(13-14)6(2)3/h5-6H,4H2,1-3H3. The van der Waals surface area contributed by atoms with Crippen molar-refractivity contribution in [3.8, 4) is 0 Å². The summed E-state index contributed by atoms with van der Waals surface area (Å²) in [6, 6.07) is 1.12. The van der Waals surface area contributed by atoms with Gasteiger partial charge in [-0.25, -0.2) is 0 Å². The van der Waals surface area contributed by atoms with E-state index in [1.165, 1.54) is 0 Å². The Morgan fingerprint density at radius 1 is 1.43 bits per heavy atom. The molecule has 0 aliphatic heterocycles. The molecule has 0 aromatic carbocycles. The predicted molar refractivity (Wildman–Crippen MR) is 47.0 cm³/mol. The minimum Gasteiger partial charge on any atom is -0.260 e. The molecule has 80 valence electrons. The molecular weight excluding hydrogens is 193 g/mol. The van der Waals surface area contributed by atoms with Crippen LogP contribution >= 0.6 is 0 Å². The molecule has 0 aliphatic carbocycles. The quantitative estimate of drug-likeness (QED) is 0.727. The van der Waals surface area contributed by atoms with Gasteiger partial charge in [0.15, 0.2) is 0 Å². The lowest BCUT2D eigenvalue weighted by Crippen LogP contribution is -2.13. The van der Waals surface area contributed by atoms with E-state index in [9.17, 15) is 13.2 Å². The summed E-state index contributed by atoms with van der Waals surface area (Å²) >= 11 is 0. The second-order valence-electron chi connectivity index (χ2n) is 3.42. The second-order valence-corrected chi connectivity index (χ2v) is 3.42. The fourth-order valence-electron chi connectivity index (χ4n) is 1.19. The van der Waals surface area contributed by atoms with Gasteiger partial charge in [-0.05, 0) is 18.9 Å². The highest BCUT2D eigenvalue weighted by atomic mass is 19.4. The molecular formula is C9H13F3N2. The Kier molecular flexibility index (Phi) is 2.87. The fraction of sp³-hybridized carbons (Fsp3) is 0.667. The lowest BCUT2D eigenvalue weighted by atomic mass is 10.1. The highest BCUT2D eigenvalue weighted by Gasteiger charge is 2.35. The van der Waals surface area contributed by atoms with Crippen LogP contribution in [0.3, 0.4) is 0 Å². The zero-order chi connectivity index (χ0) is 10.9. The molecule has 14 heavy (non-hydrogen) atoms. The molecule has 0 aliphatic rings. The molecule has 1 aromatic rings. The number of hydrogen-bond acceptors (Lipinski definition) is 1. The molecule has 0 amide bonds. The fourth-order valence-corrected chi connectivity index (χ4v) is 1.19. The average Bonchev–Trinajstić information content (AvgIpc) is 2.46. The van der Waals surface area contributed by atoms with Crippen LogP contribution in [0.4, 0.5) is 13.2 Å². The zero-order valence-corrected chi connectivity index (χ0v) is 8.39. The van der Waals surface area contributed by atoms with Crippen molar-refractivity contribution in [2.24, 2.45) is 0 Å². The van der Waals surface area contributed by atoms with E-state index in [1.54, 1.807) is 6.92 Å². The molecule has 0 N–H and O–H groups in total. The maximum absolute atomic E-state index is 12.5. The van der Waals surface area contributed by atoms with Gasteiger partial charge in [0.2, 0.25) is 0 Å². The highest BCUT2D eigenvalue weighted by molar-refractivity contribution is 5.16. The first-order valence-corrected chi connectivity index (χ1v) is 4.51. The number of rotatable bonds is 2. The third-order valence-electron chi connectivity index (χ3n) is 1.98. The van der Waals surface area contributed by atoms with Crippen molar-refractivity contribution < 1.29 is 13.2 Å². The van der Waals surface area contributed by atoms with Gasteiger partial charge >= 0.3 is 6.18 Å². The first kappa shape index (κ1) is 11.1. The number of alkyl halides is 3. The third kappa shape index (κ3) is 2.08. The first-order chi connectivity index (χ1) is 6.36. The van der Waals surface area contributed by atoms with Gasteiger partial charge in [-0.3, -0.25) is 4.68 Å². The van der Waals surface area contributed by atoms with Crippen LogP contribution < -0.4 is 0 Å². The van der Waals surface area contributed by atoms with Crippen LogP contribution in [0.25, 0.3) is 0 Å². The van der Waals surface area contributed by atoms with Gasteiger partial charge in [0.1, 0.15) is 5.69 Å². The molecule has 0 saturated heterocycles. The van der Waals surface area contributed by atoms with Crippen molar-refractivity contribution in [2.45, 2.75) is 39.4 Å². The number of nitrogens with zero attached hydrogens (tertiary/aromatic N) is 2. The SMILES string of the molecule is CCn1nc(C(C)C)cc1C(F)(F)F. The molecule has 0 bridgehead atoms. The number of aryl methyl sites for hydroxylation is 1. The summed E-state index contributed by atoms with van der Waals surface area (Å²) < 4.78 is 38.3. The molecule has 1 heterocycles. The van der Waals surface area contributed by atoms with Crippen LogP contribution in [0, 0.1) is 0 Å². The van der Waals surface area contributed by atoms with E-state index in [0.717, 1.165) is 10.7 Å². The van der Waals surface area contributed by atoms with Crippen molar-refractivity contribution >= 4 is 0 Å². The molecule has 0 fully saturated rings. The van der Waals surface area contributed by atoms with Crippen LogP contribution in [0.15, 0.2) is 6.07 Å². The number of aromatic nitrogens is 2. The molecule has 0 unspecified atom stereocenters. The maximum atomic E-state index is 12.5. The Morgan fingerprint density at radius 2 is 2.00 bits per heavy atom. The van der Waals surface area contributed by atoms with Crippen LogP contribution in [-0.2, 0) is 12.7 Å². The van der Waals surface area contributed by atoms with Gasteiger partial charge in [0.25, 0.3) is 0 Å². The van der Waals surface area contributed by atoms with Crippen molar-refractivity contribution in [1.82, 2.24) is 9.78 Å². The molecule has 5 heteroatoms. The van der Waals surface area contributed by atoms with Crippen molar-refractivity contribution in [1.29, 1.82) is 0 Å². The Labute approximate surface area is 80.7 Å². The Hall–Kier alpha value is -1.00. The van der Waals surface area contributed by atoms with Crippen LogP contribution in [0.1, 0.15) is 38.1 Å². The Balaban J connectivity index is 3.16. The van der Waals surface area contributed by atoms with Crippen molar-refractivity contribution in [3.63, 3.8) is 0 Å². The van der Waals surface area contributed by atoms with Gasteiger partial charge in [0, 0.05) is 6.54 Å². The molecule has 0 spiro atoms. The van der Waals surface area contributed by atoms with E-state index < -0.39 is 11.9 Å². The van der Waals surface area contributed by atoms with Crippen LogP contribution in [0.5, 0.6) is 0 Å². The summed E-state index contributed by atoms with van der Waals surface area (Å²) in [6.07, 6.45) is -4.31. The van der Waals surface area contributed by atoms with Crippen LogP contribution in [-0.4, -0.2) is 9.78 Å². The van der Waals surface area contributed by atoms with E-state index in [0.29, 0.717) is 5.69 Å². The summed E-state index contributed by atoms with van der Waals surface area (Å²) in [7, 11) is 0. The third-order valence-corrected chi connectivity index (χ3v) is 1.98. The summed E-state index contributed by atoms with van der Waals surface area (Å²) in [5.41, 5.74) is -0.178. The Bertz CT molecular complexity index is 312. The van der Waals surface area contributed by atoms with Gasteiger partial charge in [0.05, 0.1) is 5.69 Å². The van der Waals surface area contributed by atoms with E-state index in [2.05, 4.69) is 5.10 Å². The summed E-state index contributed by atoms with van der Waals surface area (Å²) in [5.74, 6) is 0.0175. The smallest absolute Gasteiger partial charge is 0.260 e. The summed E-state index contributed by atoms with van der Waals surface area (Å²) in [5, 5.41) is 3.89. The molecule has 0 atom stereocenters.